The van der Waals surface area contributed by atoms with Gasteiger partial charge in [-0.05, 0) is 84.5 Å². The van der Waals surface area contributed by atoms with E-state index in [0.29, 0.717) is 17.5 Å². The van der Waals surface area contributed by atoms with E-state index >= 15 is 0 Å². The SMILES string of the molecule is c1ccc(-c2nc(-c3ccccc3)nc(-c3cccc(-c4cccc(-c5cccc6c5-c5ccccc5C65c6ccccc6-c6c(-c7ccccc7)sc(-c7ccccc7)c65)c4)c3)n2)cc1. The van der Waals surface area contributed by atoms with Crippen LogP contribution in [0, 0.1) is 0 Å². The number of hydrogen-bond donors (Lipinski definition) is 0. The van der Waals surface area contributed by atoms with Crippen molar-refractivity contribution >= 4 is 11.3 Å². The highest BCUT2D eigenvalue weighted by atomic mass is 32.1. The Morgan fingerprint density at radius 3 is 1.23 bits per heavy atom. The van der Waals surface area contributed by atoms with Crippen molar-refractivity contribution in [2.24, 2.45) is 0 Å². The number of fused-ring (bicyclic) bond motifs is 10. The Labute approximate surface area is 388 Å². The van der Waals surface area contributed by atoms with E-state index in [0.717, 1.165) is 27.8 Å². The first-order valence-corrected chi connectivity index (χ1v) is 23.3. The summed E-state index contributed by atoms with van der Waals surface area (Å²) in [4.78, 5) is 17.7. The van der Waals surface area contributed by atoms with Gasteiger partial charge in [-0.1, -0.05) is 224 Å². The third-order valence-electron chi connectivity index (χ3n) is 13.4. The topological polar surface area (TPSA) is 38.7 Å². The first-order chi connectivity index (χ1) is 32.7. The number of rotatable bonds is 7. The van der Waals surface area contributed by atoms with Gasteiger partial charge in [-0.15, -0.1) is 11.3 Å². The molecule has 4 heteroatoms. The molecule has 0 radical (unpaired) electrons. The summed E-state index contributed by atoms with van der Waals surface area (Å²) in [5.74, 6) is 1.93. The zero-order valence-corrected chi connectivity index (χ0v) is 36.6. The Bertz CT molecular complexity index is 3580. The molecule has 0 fully saturated rings. The van der Waals surface area contributed by atoms with Crippen LogP contribution in [-0.4, -0.2) is 15.0 Å². The molecule has 0 saturated carbocycles. The molecule has 0 aliphatic heterocycles. The summed E-state index contributed by atoms with van der Waals surface area (Å²) < 4.78 is 0. The van der Waals surface area contributed by atoms with Crippen molar-refractivity contribution in [3.8, 4) is 99.6 Å². The van der Waals surface area contributed by atoms with Gasteiger partial charge in [-0.25, -0.2) is 15.0 Å². The highest BCUT2D eigenvalue weighted by Crippen LogP contribution is 2.68. The van der Waals surface area contributed by atoms with Gasteiger partial charge in [0.1, 0.15) is 0 Å². The van der Waals surface area contributed by atoms with Crippen molar-refractivity contribution in [3.63, 3.8) is 0 Å². The molecule has 0 amide bonds. The molecular formula is C62H39N3S. The van der Waals surface area contributed by atoms with Gasteiger partial charge in [-0.3, -0.25) is 0 Å². The molecule has 2 aliphatic carbocycles. The van der Waals surface area contributed by atoms with Gasteiger partial charge < -0.3 is 0 Å². The molecule has 1 unspecified atom stereocenters. The molecule has 66 heavy (non-hydrogen) atoms. The van der Waals surface area contributed by atoms with Crippen LogP contribution < -0.4 is 0 Å². The van der Waals surface area contributed by atoms with Crippen molar-refractivity contribution in [3.05, 3.63) is 259 Å². The van der Waals surface area contributed by atoms with E-state index in [2.05, 4.69) is 176 Å². The fourth-order valence-corrected chi connectivity index (χ4v) is 11.9. The number of aromatic nitrogens is 3. The average Bonchev–Trinajstić information content (AvgIpc) is 4.05. The average molecular weight is 858 g/mol. The zero-order chi connectivity index (χ0) is 43.6. The molecule has 1 atom stereocenters. The van der Waals surface area contributed by atoms with Crippen molar-refractivity contribution in [2.75, 3.05) is 0 Å². The second-order valence-electron chi connectivity index (χ2n) is 17.0. The Balaban J connectivity index is 0.984. The van der Waals surface area contributed by atoms with E-state index in [9.17, 15) is 0 Å². The highest BCUT2D eigenvalue weighted by molar-refractivity contribution is 7.19. The van der Waals surface area contributed by atoms with Crippen LogP contribution in [0.25, 0.3) is 99.6 Å². The lowest BCUT2D eigenvalue weighted by Gasteiger charge is -2.31. The minimum Gasteiger partial charge on any atom is -0.208 e. The summed E-state index contributed by atoms with van der Waals surface area (Å²) in [7, 11) is 0. The Morgan fingerprint density at radius 1 is 0.273 bits per heavy atom. The number of hydrogen-bond acceptors (Lipinski definition) is 4. The summed E-state index contributed by atoms with van der Waals surface area (Å²) >= 11 is 1.93. The molecule has 2 aliphatic rings. The molecule has 0 saturated heterocycles. The third-order valence-corrected chi connectivity index (χ3v) is 14.6. The molecular weight excluding hydrogens is 819 g/mol. The minimum atomic E-state index is -0.518. The van der Waals surface area contributed by atoms with Gasteiger partial charge in [0, 0.05) is 32.0 Å². The molecule has 9 aromatic carbocycles. The van der Waals surface area contributed by atoms with Crippen LogP contribution in [0.3, 0.4) is 0 Å². The predicted molar refractivity (Wildman–Crippen MR) is 272 cm³/mol. The minimum absolute atomic E-state index is 0.518. The van der Waals surface area contributed by atoms with Crippen LogP contribution in [-0.2, 0) is 5.41 Å². The summed E-state index contributed by atoms with van der Waals surface area (Å²) in [6, 6.07) is 85.2. The second-order valence-corrected chi connectivity index (χ2v) is 18.0. The lowest BCUT2D eigenvalue weighted by molar-refractivity contribution is 0.799. The largest absolute Gasteiger partial charge is 0.208 e. The first-order valence-electron chi connectivity index (χ1n) is 22.4. The fourth-order valence-electron chi connectivity index (χ4n) is 10.6. The van der Waals surface area contributed by atoms with E-state index in [-0.39, 0.29) is 0 Å². The van der Waals surface area contributed by atoms with Gasteiger partial charge in [0.2, 0.25) is 0 Å². The Kier molecular flexibility index (Phi) is 8.93. The van der Waals surface area contributed by atoms with Gasteiger partial charge >= 0.3 is 0 Å². The summed E-state index contributed by atoms with van der Waals surface area (Å²) in [5, 5.41) is 0. The number of nitrogens with zero attached hydrogens (tertiary/aromatic N) is 3. The van der Waals surface area contributed by atoms with Crippen LogP contribution in [0.1, 0.15) is 22.3 Å². The molecule has 0 bridgehead atoms. The van der Waals surface area contributed by atoms with Gasteiger partial charge in [0.05, 0.1) is 5.41 Å². The summed E-state index contributed by atoms with van der Waals surface area (Å²) in [6.07, 6.45) is 0. The monoisotopic (exact) mass is 857 g/mol. The molecule has 13 rings (SSSR count). The number of benzene rings is 9. The Hall–Kier alpha value is -8.31. The van der Waals surface area contributed by atoms with E-state index < -0.39 is 5.41 Å². The van der Waals surface area contributed by atoms with Gasteiger partial charge in [-0.2, -0.15) is 0 Å². The molecule has 0 N–H and O–H groups in total. The molecule has 1 spiro atoms. The molecule has 3 nitrogen and oxygen atoms in total. The normalized spacial score (nSPS) is 14.1. The maximum atomic E-state index is 5.05. The van der Waals surface area contributed by atoms with Crippen molar-refractivity contribution in [1.82, 2.24) is 15.0 Å². The standard InChI is InChI=1S/C62H39N3S/c1-5-20-40(21-6-1)57-55-50-33-14-16-36-52(50)62(56(55)58(66-57)41-22-7-2-8-23-41)51-35-15-13-32-49(51)54-48(34-19-37-53(54)62)46-30-17-28-44(38-46)45-29-18-31-47(39-45)61-64-59(42-24-9-3-10-25-42)63-60(65-61)43-26-11-4-12-27-43/h1-39H. The first kappa shape index (κ1) is 38.2. The summed E-state index contributed by atoms with van der Waals surface area (Å²) in [6.45, 7) is 0. The Morgan fingerprint density at radius 2 is 0.652 bits per heavy atom. The summed E-state index contributed by atoms with van der Waals surface area (Å²) in [5.41, 5.74) is 20.0. The van der Waals surface area contributed by atoms with E-state index in [1.54, 1.807) is 0 Å². The maximum Gasteiger partial charge on any atom is 0.164 e. The van der Waals surface area contributed by atoms with E-state index in [4.69, 9.17) is 15.0 Å². The molecule has 11 aromatic rings. The van der Waals surface area contributed by atoms with Crippen LogP contribution in [0.15, 0.2) is 237 Å². The molecule has 308 valence electrons. The van der Waals surface area contributed by atoms with Gasteiger partial charge in [0.25, 0.3) is 0 Å². The van der Waals surface area contributed by atoms with Crippen molar-refractivity contribution in [2.45, 2.75) is 5.41 Å². The van der Waals surface area contributed by atoms with Crippen molar-refractivity contribution in [1.29, 1.82) is 0 Å². The lowest BCUT2D eigenvalue weighted by Crippen LogP contribution is -2.26. The quantitative estimate of drug-likeness (QED) is 0.160. The number of thiophene rings is 1. The second kappa shape index (κ2) is 15.4. The predicted octanol–water partition coefficient (Wildman–Crippen LogP) is 15.9. The van der Waals surface area contributed by atoms with Crippen LogP contribution >= 0.6 is 11.3 Å². The van der Waals surface area contributed by atoms with Crippen LogP contribution in [0.5, 0.6) is 0 Å². The van der Waals surface area contributed by atoms with Crippen LogP contribution in [0.4, 0.5) is 0 Å². The third kappa shape index (κ3) is 5.92. The highest BCUT2D eigenvalue weighted by Gasteiger charge is 2.55. The molecule has 2 heterocycles. The van der Waals surface area contributed by atoms with Crippen molar-refractivity contribution < 1.29 is 0 Å². The smallest absolute Gasteiger partial charge is 0.164 e. The lowest BCUT2D eigenvalue weighted by atomic mass is 9.70. The maximum absolute atomic E-state index is 5.05. The van der Waals surface area contributed by atoms with Gasteiger partial charge in [0.15, 0.2) is 17.5 Å². The van der Waals surface area contributed by atoms with E-state index in [1.165, 1.54) is 76.5 Å². The fraction of sp³-hybridized carbons (Fsp3) is 0.0161. The van der Waals surface area contributed by atoms with Crippen LogP contribution in [0.2, 0.25) is 0 Å². The zero-order valence-electron chi connectivity index (χ0n) is 35.8. The molecule has 2 aromatic heterocycles. The van der Waals surface area contributed by atoms with E-state index in [1.807, 2.05) is 72.0 Å².